The Balaban J connectivity index is 2.10. The highest BCUT2D eigenvalue weighted by molar-refractivity contribution is 14.1. The lowest BCUT2D eigenvalue weighted by molar-refractivity contribution is -0.0504. The molecule has 2 aromatic rings. The maximum atomic E-state index is 12.3. The van der Waals surface area contributed by atoms with Crippen LogP contribution in [0.25, 0.3) is 0 Å². The predicted molar refractivity (Wildman–Crippen MR) is 91.1 cm³/mol. The molecular weight excluding hydrogens is 471 g/mol. The topological polar surface area (TPSA) is 38.3 Å². The minimum atomic E-state index is -2.90. The van der Waals surface area contributed by atoms with Crippen LogP contribution in [0.1, 0.15) is 15.9 Å². The number of ether oxygens (including phenoxy) is 1. The van der Waals surface area contributed by atoms with Crippen LogP contribution >= 0.6 is 38.5 Å². The number of hydrogen-bond acceptors (Lipinski definition) is 2. The maximum absolute atomic E-state index is 12.3. The number of carbonyl (C=O) groups excluding carboxylic acids is 1. The van der Waals surface area contributed by atoms with Crippen LogP contribution in [-0.2, 0) is 6.54 Å². The second kappa shape index (κ2) is 7.87. The Morgan fingerprint density at radius 1 is 1.27 bits per heavy atom. The van der Waals surface area contributed by atoms with Gasteiger partial charge in [-0.2, -0.15) is 8.78 Å². The third-order valence-electron chi connectivity index (χ3n) is 2.80. The van der Waals surface area contributed by atoms with Crippen molar-refractivity contribution < 1.29 is 18.3 Å². The van der Waals surface area contributed by atoms with Crippen LogP contribution in [0.2, 0.25) is 0 Å². The van der Waals surface area contributed by atoms with Crippen molar-refractivity contribution in [3.63, 3.8) is 0 Å². The highest BCUT2D eigenvalue weighted by atomic mass is 127. The first-order chi connectivity index (χ1) is 10.5. The van der Waals surface area contributed by atoms with Gasteiger partial charge in [-0.15, -0.1) is 0 Å². The summed E-state index contributed by atoms with van der Waals surface area (Å²) in [6.07, 6.45) is 0. The average molecular weight is 482 g/mol. The predicted octanol–water partition coefficient (Wildman–Crippen LogP) is 4.59. The molecule has 0 aliphatic heterocycles. The Hall–Kier alpha value is -1.22. The number of hydrogen-bond donors (Lipinski definition) is 1. The highest BCUT2D eigenvalue weighted by Crippen LogP contribution is 2.21. The lowest BCUT2D eigenvalue weighted by Crippen LogP contribution is -2.24. The van der Waals surface area contributed by atoms with Crippen molar-refractivity contribution in [2.24, 2.45) is 0 Å². The summed E-state index contributed by atoms with van der Waals surface area (Å²) in [7, 11) is 0. The molecule has 0 aliphatic rings. The summed E-state index contributed by atoms with van der Waals surface area (Å²) in [6.45, 7) is -2.80. The molecule has 22 heavy (non-hydrogen) atoms. The van der Waals surface area contributed by atoms with Crippen LogP contribution < -0.4 is 10.1 Å². The monoisotopic (exact) mass is 481 g/mol. The highest BCUT2D eigenvalue weighted by Gasteiger charge is 2.13. The normalized spacial score (nSPS) is 10.6. The first-order valence-corrected chi connectivity index (χ1v) is 8.10. The van der Waals surface area contributed by atoms with Crippen LogP contribution in [0.5, 0.6) is 5.75 Å². The molecule has 2 aromatic carbocycles. The van der Waals surface area contributed by atoms with Crippen molar-refractivity contribution in [3.05, 3.63) is 61.6 Å². The second-order valence-electron chi connectivity index (χ2n) is 4.29. The molecule has 116 valence electrons. The van der Waals surface area contributed by atoms with Gasteiger partial charge in [0.05, 0.1) is 5.56 Å². The van der Waals surface area contributed by atoms with Crippen LogP contribution in [0.15, 0.2) is 46.9 Å². The molecule has 0 saturated heterocycles. The van der Waals surface area contributed by atoms with E-state index < -0.39 is 6.61 Å². The number of halogens is 4. The van der Waals surface area contributed by atoms with Gasteiger partial charge in [0.1, 0.15) is 5.75 Å². The van der Waals surface area contributed by atoms with E-state index in [1.807, 2.05) is 12.1 Å². The Labute approximate surface area is 148 Å². The molecule has 7 heteroatoms. The van der Waals surface area contributed by atoms with Gasteiger partial charge < -0.3 is 10.1 Å². The summed E-state index contributed by atoms with van der Waals surface area (Å²) in [6, 6.07) is 11.7. The van der Waals surface area contributed by atoms with Gasteiger partial charge in [0.2, 0.25) is 0 Å². The van der Waals surface area contributed by atoms with E-state index in [0.29, 0.717) is 11.1 Å². The molecular formula is C15H11BrF2INO2. The van der Waals surface area contributed by atoms with E-state index in [2.05, 4.69) is 48.6 Å². The van der Waals surface area contributed by atoms with Crippen molar-refractivity contribution in [2.45, 2.75) is 13.2 Å². The third kappa shape index (κ3) is 4.64. The van der Waals surface area contributed by atoms with Crippen LogP contribution in [0, 0.1) is 3.57 Å². The Morgan fingerprint density at radius 2 is 2.00 bits per heavy atom. The largest absolute Gasteiger partial charge is 0.434 e. The summed E-state index contributed by atoms with van der Waals surface area (Å²) in [5, 5.41) is 2.71. The van der Waals surface area contributed by atoms with Crippen molar-refractivity contribution in [1.82, 2.24) is 5.32 Å². The smallest absolute Gasteiger partial charge is 0.387 e. The molecule has 0 heterocycles. The molecule has 0 aliphatic carbocycles. The van der Waals surface area contributed by atoms with Gasteiger partial charge in [0, 0.05) is 20.2 Å². The number of para-hydroxylation sites is 1. The molecule has 0 saturated carbocycles. The third-order valence-corrected chi connectivity index (χ3v) is 4.24. The fraction of sp³-hybridized carbons (Fsp3) is 0.133. The summed E-state index contributed by atoms with van der Waals surface area (Å²) in [5.74, 6) is -0.223. The number of carbonyl (C=O) groups is 1. The first kappa shape index (κ1) is 17.1. The van der Waals surface area contributed by atoms with Gasteiger partial charge in [0.15, 0.2) is 0 Å². The van der Waals surface area contributed by atoms with E-state index >= 15 is 0 Å². The second-order valence-corrected chi connectivity index (χ2v) is 6.37. The molecule has 1 amide bonds. The van der Waals surface area contributed by atoms with E-state index in [1.165, 1.54) is 6.07 Å². The molecule has 1 N–H and O–H groups in total. The van der Waals surface area contributed by atoms with Crippen molar-refractivity contribution >= 4 is 44.4 Å². The lowest BCUT2D eigenvalue weighted by atomic mass is 10.2. The van der Waals surface area contributed by atoms with Gasteiger partial charge in [-0.3, -0.25) is 4.79 Å². The van der Waals surface area contributed by atoms with E-state index in [-0.39, 0.29) is 18.2 Å². The molecule has 0 radical (unpaired) electrons. The lowest BCUT2D eigenvalue weighted by Gasteiger charge is -2.12. The van der Waals surface area contributed by atoms with Crippen molar-refractivity contribution in [1.29, 1.82) is 0 Å². The fourth-order valence-electron chi connectivity index (χ4n) is 1.80. The van der Waals surface area contributed by atoms with Gasteiger partial charge in [-0.1, -0.05) is 34.1 Å². The van der Waals surface area contributed by atoms with Gasteiger partial charge in [-0.25, -0.2) is 0 Å². The Morgan fingerprint density at radius 3 is 2.73 bits per heavy atom. The molecule has 0 bridgehead atoms. The molecule has 0 spiro atoms. The Kier molecular flexibility index (Phi) is 6.13. The van der Waals surface area contributed by atoms with Gasteiger partial charge in [-0.05, 0) is 46.9 Å². The van der Waals surface area contributed by atoms with Crippen LogP contribution in [0.4, 0.5) is 8.78 Å². The SMILES string of the molecule is O=C(NCc1ccccc1OC(F)F)c1cc(Br)ccc1I. The van der Waals surface area contributed by atoms with Gasteiger partial charge in [0.25, 0.3) is 5.91 Å². The number of benzene rings is 2. The maximum Gasteiger partial charge on any atom is 0.387 e. The summed E-state index contributed by atoms with van der Waals surface area (Å²) >= 11 is 5.38. The quantitative estimate of drug-likeness (QED) is 0.634. The number of nitrogens with one attached hydrogen (secondary N) is 1. The molecule has 3 nitrogen and oxygen atoms in total. The van der Waals surface area contributed by atoms with E-state index in [1.54, 1.807) is 24.3 Å². The number of rotatable bonds is 5. The van der Waals surface area contributed by atoms with Crippen molar-refractivity contribution in [3.8, 4) is 5.75 Å². The summed E-state index contributed by atoms with van der Waals surface area (Å²) in [4.78, 5) is 12.2. The fourth-order valence-corrected chi connectivity index (χ4v) is 2.74. The summed E-state index contributed by atoms with van der Waals surface area (Å²) in [5.41, 5.74) is 1.00. The molecule has 0 fully saturated rings. The first-order valence-electron chi connectivity index (χ1n) is 6.23. The van der Waals surface area contributed by atoms with Gasteiger partial charge >= 0.3 is 6.61 Å². The van der Waals surface area contributed by atoms with Crippen LogP contribution in [-0.4, -0.2) is 12.5 Å². The van der Waals surface area contributed by atoms with E-state index in [0.717, 1.165) is 8.04 Å². The van der Waals surface area contributed by atoms with E-state index in [9.17, 15) is 13.6 Å². The molecule has 2 rings (SSSR count). The van der Waals surface area contributed by atoms with Crippen LogP contribution in [0.3, 0.4) is 0 Å². The zero-order valence-corrected chi connectivity index (χ0v) is 14.9. The molecule has 0 atom stereocenters. The Bertz CT molecular complexity index is 682. The minimum Gasteiger partial charge on any atom is -0.434 e. The van der Waals surface area contributed by atoms with Crippen molar-refractivity contribution in [2.75, 3.05) is 0 Å². The zero-order valence-electron chi connectivity index (χ0n) is 11.2. The minimum absolute atomic E-state index is 0.0572. The standard InChI is InChI=1S/C15H11BrF2INO2/c16-10-5-6-12(19)11(7-10)14(21)20-8-9-3-1-2-4-13(9)22-15(17)18/h1-7,15H,8H2,(H,20,21). The number of alkyl halides is 2. The average Bonchev–Trinajstić information content (AvgIpc) is 2.48. The summed E-state index contributed by atoms with van der Waals surface area (Å²) < 4.78 is 30.7. The molecule has 0 aromatic heterocycles. The van der Waals surface area contributed by atoms with E-state index in [4.69, 9.17) is 0 Å². The number of amides is 1. The zero-order chi connectivity index (χ0) is 16.1. The molecule has 0 unspecified atom stereocenters.